The molecule has 1 aromatic rings. The van der Waals surface area contributed by atoms with Gasteiger partial charge in [-0.3, -0.25) is 9.69 Å². The Hall–Kier alpha value is -0.650. The lowest BCUT2D eigenvalue weighted by Gasteiger charge is -2.44. The Bertz CT molecular complexity index is 423. The van der Waals surface area contributed by atoms with Crippen LogP contribution in [0.3, 0.4) is 0 Å². The first-order chi connectivity index (χ1) is 8.00. The average molecular weight is 255 g/mol. The molecule has 1 aliphatic rings. The van der Waals surface area contributed by atoms with Crippen LogP contribution in [0.15, 0.2) is 10.2 Å². The standard InChI is InChI=1S/C12H21N3OS/c1-4-10-5-13-12(2,3)8-15(10)6-9-7-17-11(16)14-9/h7,10,13H,4-6,8H2,1-3H3,(H,14,16). The van der Waals surface area contributed by atoms with Crippen molar-refractivity contribution >= 4 is 11.3 Å². The summed E-state index contributed by atoms with van der Waals surface area (Å²) in [6.07, 6.45) is 1.14. The number of rotatable bonds is 3. The maximum Gasteiger partial charge on any atom is 0.304 e. The zero-order valence-electron chi connectivity index (χ0n) is 10.7. The quantitative estimate of drug-likeness (QED) is 0.858. The van der Waals surface area contributed by atoms with Crippen molar-refractivity contribution in [3.05, 3.63) is 20.7 Å². The third kappa shape index (κ3) is 3.18. The highest BCUT2D eigenvalue weighted by molar-refractivity contribution is 7.07. The van der Waals surface area contributed by atoms with Crippen molar-refractivity contribution in [3.8, 4) is 0 Å². The highest BCUT2D eigenvalue weighted by atomic mass is 32.1. The molecule has 0 aliphatic carbocycles. The van der Waals surface area contributed by atoms with Gasteiger partial charge in [0, 0.05) is 42.3 Å². The van der Waals surface area contributed by atoms with Crippen LogP contribution in [0.1, 0.15) is 32.9 Å². The van der Waals surface area contributed by atoms with E-state index in [0.29, 0.717) is 6.04 Å². The normalized spacial score (nSPS) is 25.0. The summed E-state index contributed by atoms with van der Waals surface area (Å²) < 4.78 is 0. The summed E-state index contributed by atoms with van der Waals surface area (Å²) in [7, 11) is 0. The van der Waals surface area contributed by atoms with Gasteiger partial charge in [-0.05, 0) is 20.3 Å². The molecule has 0 bridgehead atoms. The Labute approximate surface area is 106 Å². The Morgan fingerprint density at radius 2 is 2.35 bits per heavy atom. The molecule has 0 amide bonds. The van der Waals surface area contributed by atoms with Crippen LogP contribution in [0.25, 0.3) is 0 Å². The number of hydrogen-bond acceptors (Lipinski definition) is 4. The molecule has 0 saturated carbocycles. The second-order valence-electron chi connectivity index (χ2n) is 5.41. The van der Waals surface area contributed by atoms with E-state index in [1.54, 1.807) is 0 Å². The summed E-state index contributed by atoms with van der Waals surface area (Å²) in [5, 5.41) is 5.50. The summed E-state index contributed by atoms with van der Waals surface area (Å²) in [6, 6.07) is 0.562. The van der Waals surface area contributed by atoms with Gasteiger partial charge in [0.05, 0.1) is 0 Å². The van der Waals surface area contributed by atoms with E-state index in [1.165, 1.54) is 11.3 Å². The summed E-state index contributed by atoms with van der Waals surface area (Å²) in [6.45, 7) is 9.56. The van der Waals surface area contributed by atoms with Crippen molar-refractivity contribution in [2.45, 2.75) is 45.3 Å². The summed E-state index contributed by atoms with van der Waals surface area (Å²) >= 11 is 1.25. The van der Waals surface area contributed by atoms with Gasteiger partial charge in [-0.25, -0.2) is 0 Å². The third-order valence-corrected chi connectivity index (χ3v) is 4.07. The van der Waals surface area contributed by atoms with E-state index < -0.39 is 0 Å². The Balaban J connectivity index is 2.08. The average Bonchev–Trinajstić information content (AvgIpc) is 2.63. The number of hydrogen-bond donors (Lipinski definition) is 2. The van der Waals surface area contributed by atoms with Gasteiger partial charge < -0.3 is 10.3 Å². The molecule has 4 nitrogen and oxygen atoms in total. The van der Waals surface area contributed by atoms with Gasteiger partial charge in [-0.2, -0.15) is 0 Å². The molecule has 1 aromatic heterocycles. The number of thiazole rings is 1. The maximum absolute atomic E-state index is 11.1. The first kappa shape index (κ1) is 12.8. The molecule has 2 N–H and O–H groups in total. The van der Waals surface area contributed by atoms with Crippen molar-refractivity contribution in [1.82, 2.24) is 15.2 Å². The van der Waals surface area contributed by atoms with Crippen LogP contribution >= 0.6 is 11.3 Å². The lowest BCUT2D eigenvalue weighted by Crippen LogP contribution is -2.61. The number of aromatic nitrogens is 1. The highest BCUT2D eigenvalue weighted by Crippen LogP contribution is 2.19. The van der Waals surface area contributed by atoms with Gasteiger partial charge in [0.25, 0.3) is 0 Å². The smallest absolute Gasteiger partial charge is 0.304 e. The lowest BCUT2D eigenvalue weighted by molar-refractivity contribution is 0.0848. The molecule has 1 saturated heterocycles. The maximum atomic E-state index is 11.1. The van der Waals surface area contributed by atoms with Crippen LogP contribution in [0.5, 0.6) is 0 Å². The number of H-pyrrole nitrogens is 1. The van der Waals surface area contributed by atoms with Crippen LogP contribution < -0.4 is 10.2 Å². The minimum atomic E-state index is 0.0439. The number of nitrogens with zero attached hydrogens (tertiary/aromatic N) is 1. The lowest BCUT2D eigenvalue weighted by atomic mass is 9.97. The number of piperazine rings is 1. The minimum absolute atomic E-state index is 0.0439. The highest BCUT2D eigenvalue weighted by Gasteiger charge is 2.31. The molecule has 0 aromatic carbocycles. The van der Waals surface area contributed by atoms with Crippen LogP contribution in [0.4, 0.5) is 0 Å². The molecule has 2 heterocycles. The van der Waals surface area contributed by atoms with Crippen molar-refractivity contribution in [2.75, 3.05) is 13.1 Å². The molecule has 1 fully saturated rings. The molecule has 17 heavy (non-hydrogen) atoms. The van der Waals surface area contributed by atoms with Crippen LogP contribution in [0.2, 0.25) is 0 Å². The van der Waals surface area contributed by atoms with Crippen LogP contribution in [-0.4, -0.2) is 34.6 Å². The van der Waals surface area contributed by atoms with Gasteiger partial charge in [0.1, 0.15) is 0 Å². The minimum Gasteiger partial charge on any atom is -0.315 e. The van der Waals surface area contributed by atoms with Gasteiger partial charge in [-0.15, -0.1) is 0 Å². The molecule has 1 unspecified atom stereocenters. The third-order valence-electron chi connectivity index (χ3n) is 3.35. The van der Waals surface area contributed by atoms with E-state index in [0.717, 1.165) is 31.7 Å². The van der Waals surface area contributed by atoms with E-state index in [1.807, 2.05) is 5.38 Å². The second kappa shape index (κ2) is 4.92. The second-order valence-corrected chi connectivity index (χ2v) is 6.25. The van der Waals surface area contributed by atoms with Gasteiger partial charge >= 0.3 is 4.87 Å². The van der Waals surface area contributed by atoms with Gasteiger partial charge in [-0.1, -0.05) is 18.3 Å². The fraction of sp³-hybridized carbons (Fsp3) is 0.750. The molecule has 5 heteroatoms. The molecule has 96 valence electrons. The molecular weight excluding hydrogens is 234 g/mol. The summed E-state index contributed by atoms with van der Waals surface area (Å²) in [4.78, 5) is 16.5. The molecule has 1 atom stereocenters. The van der Waals surface area contributed by atoms with Crippen LogP contribution in [-0.2, 0) is 6.54 Å². The monoisotopic (exact) mass is 255 g/mol. The van der Waals surface area contributed by atoms with Crippen molar-refractivity contribution in [3.63, 3.8) is 0 Å². The van der Waals surface area contributed by atoms with Gasteiger partial charge in [0.15, 0.2) is 0 Å². The van der Waals surface area contributed by atoms with E-state index in [2.05, 4.69) is 36.0 Å². The molecule has 0 radical (unpaired) electrons. The van der Waals surface area contributed by atoms with Gasteiger partial charge in [0.2, 0.25) is 0 Å². The zero-order valence-corrected chi connectivity index (χ0v) is 11.6. The van der Waals surface area contributed by atoms with Crippen LogP contribution in [0, 0.1) is 0 Å². The Morgan fingerprint density at radius 3 is 2.94 bits per heavy atom. The molecule has 2 rings (SSSR count). The first-order valence-corrected chi connectivity index (χ1v) is 7.04. The first-order valence-electron chi connectivity index (χ1n) is 6.16. The summed E-state index contributed by atoms with van der Waals surface area (Å²) in [5.41, 5.74) is 1.19. The van der Waals surface area contributed by atoms with Crippen molar-refractivity contribution in [1.29, 1.82) is 0 Å². The fourth-order valence-corrected chi connectivity index (χ4v) is 2.99. The number of aromatic amines is 1. The SMILES string of the molecule is CCC1CNC(C)(C)CN1Cc1csc(=O)[nH]1. The largest absolute Gasteiger partial charge is 0.315 e. The Kier molecular flexibility index (Phi) is 3.70. The topological polar surface area (TPSA) is 48.1 Å². The van der Waals surface area contributed by atoms with E-state index in [4.69, 9.17) is 0 Å². The van der Waals surface area contributed by atoms with E-state index in [9.17, 15) is 4.79 Å². The van der Waals surface area contributed by atoms with Crippen molar-refractivity contribution < 1.29 is 0 Å². The number of nitrogens with one attached hydrogen (secondary N) is 2. The predicted octanol–water partition coefficient (Wildman–Crippen LogP) is 1.40. The molecular formula is C12H21N3OS. The summed E-state index contributed by atoms with van der Waals surface area (Å²) in [5.74, 6) is 0. The molecule has 1 aliphatic heterocycles. The van der Waals surface area contributed by atoms with Crippen molar-refractivity contribution in [2.24, 2.45) is 0 Å². The fourth-order valence-electron chi connectivity index (χ4n) is 2.41. The zero-order chi connectivity index (χ0) is 12.5. The molecule has 0 spiro atoms. The Morgan fingerprint density at radius 1 is 1.59 bits per heavy atom. The predicted molar refractivity (Wildman–Crippen MR) is 71.5 cm³/mol. The van der Waals surface area contributed by atoms with E-state index in [-0.39, 0.29) is 10.4 Å². The van der Waals surface area contributed by atoms with E-state index >= 15 is 0 Å².